The van der Waals surface area contributed by atoms with E-state index in [9.17, 15) is 14.7 Å². The number of Topliss-reactive ketones (excluding diaryl/α,β-unsaturated/α-hetero) is 1. The number of aromatic nitrogens is 2. The molecule has 36 heavy (non-hydrogen) atoms. The summed E-state index contributed by atoms with van der Waals surface area (Å²) in [4.78, 5) is 37.9. The number of carbonyl (C=O) groups excluding carboxylic acids is 2. The van der Waals surface area contributed by atoms with Crippen LogP contribution in [0.15, 0.2) is 84.4 Å². The molecule has 4 heterocycles. The Morgan fingerprint density at radius 2 is 1.89 bits per heavy atom. The first-order valence-electron chi connectivity index (χ1n) is 11.2. The van der Waals surface area contributed by atoms with Gasteiger partial charge in [0.1, 0.15) is 5.01 Å². The number of benzene rings is 2. The number of ether oxygens (including phenoxy) is 2. The minimum Gasteiger partial charge on any atom is -0.503 e. The average molecular weight is 498 g/mol. The number of aliphatic hydroxyl groups excluding tert-OH is 1. The molecule has 0 saturated heterocycles. The number of aliphatic hydroxyl groups is 1. The van der Waals surface area contributed by atoms with E-state index in [-0.39, 0.29) is 12.4 Å². The van der Waals surface area contributed by atoms with Crippen molar-refractivity contribution in [2.75, 3.05) is 11.7 Å². The first kappa shape index (κ1) is 22.0. The fraction of sp³-hybridized carbons (Fsp3) is 0.111. The van der Waals surface area contributed by atoms with Crippen LogP contribution in [0.25, 0.3) is 10.6 Å². The molecule has 0 spiro atoms. The lowest BCUT2D eigenvalue weighted by atomic mass is 9.96. The van der Waals surface area contributed by atoms with E-state index in [2.05, 4.69) is 9.97 Å². The molecule has 1 amide bonds. The number of thiazole rings is 1. The molecule has 1 atom stereocenters. The van der Waals surface area contributed by atoms with Crippen molar-refractivity contribution in [3.63, 3.8) is 0 Å². The van der Waals surface area contributed by atoms with Crippen molar-refractivity contribution in [2.24, 2.45) is 0 Å². The average Bonchev–Trinajstić information content (AvgIpc) is 3.61. The number of fused-ring (bicyclic) bond motifs is 1. The molecule has 2 aliphatic heterocycles. The van der Waals surface area contributed by atoms with E-state index in [1.807, 2.05) is 30.3 Å². The summed E-state index contributed by atoms with van der Waals surface area (Å²) in [5.74, 6) is -0.687. The minimum atomic E-state index is -0.888. The minimum absolute atomic E-state index is 0.0166. The highest BCUT2D eigenvalue weighted by molar-refractivity contribution is 7.17. The second-order valence-electron chi connectivity index (χ2n) is 8.29. The van der Waals surface area contributed by atoms with Crippen molar-refractivity contribution < 1.29 is 24.2 Å². The molecule has 0 aliphatic carbocycles. The summed E-state index contributed by atoms with van der Waals surface area (Å²) in [5, 5.41) is 11.7. The number of amides is 1. The first-order valence-corrected chi connectivity index (χ1v) is 12.0. The van der Waals surface area contributed by atoms with Crippen molar-refractivity contribution in [3.8, 4) is 22.1 Å². The van der Waals surface area contributed by atoms with Gasteiger partial charge in [-0.1, -0.05) is 36.4 Å². The van der Waals surface area contributed by atoms with Crippen LogP contribution in [0.2, 0.25) is 0 Å². The van der Waals surface area contributed by atoms with Crippen LogP contribution in [-0.4, -0.2) is 33.6 Å². The molecule has 0 saturated carbocycles. The van der Waals surface area contributed by atoms with Crippen LogP contribution in [0.5, 0.6) is 11.5 Å². The lowest BCUT2D eigenvalue weighted by Crippen LogP contribution is -2.31. The number of pyridine rings is 1. The number of nitrogens with zero attached hydrogens (tertiary/aromatic N) is 3. The Morgan fingerprint density at radius 3 is 2.67 bits per heavy atom. The topological polar surface area (TPSA) is 102 Å². The predicted octanol–water partition coefficient (Wildman–Crippen LogP) is 5.03. The zero-order valence-electron chi connectivity index (χ0n) is 19.0. The summed E-state index contributed by atoms with van der Waals surface area (Å²) in [7, 11) is 0. The van der Waals surface area contributed by atoms with Crippen molar-refractivity contribution in [1.82, 2.24) is 9.97 Å². The van der Waals surface area contributed by atoms with E-state index < -0.39 is 23.5 Å². The van der Waals surface area contributed by atoms with Gasteiger partial charge in [0.05, 0.1) is 22.2 Å². The third-order valence-electron chi connectivity index (χ3n) is 6.11. The number of hydrogen-bond acceptors (Lipinski definition) is 8. The molecule has 9 heteroatoms. The summed E-state index contributed by atoms with van der Waals surface area (Å²) in [6.45, 7) is 1.83. The van der Waals surface area contributed by atoms with Crippen LogP contribution in [0.1, 0.15) is 27.0 Å². The molecule has 2 aromatic heterocycles. The number of ketones is 1. The van der Waals surface area contributed by atoms with Gasteiger partial charge < -0.3 is 14.6 Å². The van der Waals surface area contributed by atoms with Crippen LogP contribution in [0.3, 0.4) is 0 Å². The largest absolute Gasteiger partial charge is 0.503 e. The van der Waals surface area contributed by atoms with Gasteiger partial charge in [-0.2, -0.15) is 0 Å². The van der Waals surface area contributed by atoms with Crippen molar-refractivity contribution in [1.29, 1.82) is 0 Å². The summed E-state index contributed by atoms with van der Waals surface area (Å²) in [6, 6.07) is 17.2. The SMILES string of the molecule is Cc1nc(-c2ccccc2)sc1C(=O)C1=C(O)C(=O)N(c2ccc3c(c2)OCO3)C1c1cccnc1. The molecule has 0 fully saturated rings. The maximum Gasteiger partial charge on any atom is 0.294 e. The molecule has 2 aromatic carbocycles. The number of aryl methyl sites for hydroxylation is 1. The number of rotatable bonds is 5. The van der Waals surface area contributed by atoms with Crippen LogP contribution < -0.4 is 14.4 Å². The quantitative estimate of drug-likeness (QED) is 0.386. The molecule has 2 aliphatic rings. The fourth-order valence-electron chi connectivity index (χ4n) is 4.43. The zero-order valence-corrected chi connectivity index (χ0v) is 19.9. The van der Waals surface area contributed by atoms with E-state index in [4.69, 9.17) is 9.47 Å². The highest BCUT2D eigenvalue weighted by Crippen LogP contribution is 2.45. The predicted molar refractivity (Wildman–Crippen MR) is 133 cm³/mol. The smallest absolute Gasteiger partial charge is 0.294 e. The maximum absolute atomic E-state index is 13.9. The van der Waals surface area contributed by atoms with Gasteiger partial charge in [0.2, 0.25) is 12.6 Å². The summed E-state index contributed by atoms with van der Waals surface area (Å²) in [5.41, 5.74) is 2.44. The summed E-state index contributed by atoms with van der Waals surface area (Å²) >= 11 is 1.23. The van der Waals surface area contributed by atoms with E-state index in [1.165, 1.54) is 16.2 Å². The molecular formula is C27H19N3O5S. The fourth-order valence-corrected chi connectivity index (χ4v) is 5.45. The normalized spacial score (nSPS) is 16.6. The molecule has 1 N–H and O–H groups in total. The lowest BCUT2D eigenvalue weighted by molar-refractivity contribution is -0.117. The molecule has 0 radical (unpaired) electrons. The molecular weight excluding hydrogens is 478 g/mol. The van der Waals surface area contributed by atoms with Gasteiger partial charge in [-0.25, -0.2) is 4.98 Å². The monoisotopic (exact) mass is 497 g/mol. The third-order valence-corrected chi connectivity index (χ3v) is 7.32. The van der Waals surface area contributed by atoms with Gasteiger partial charge in [-0.05, 0) is 30.7 Å². The standard InChI is InChI=1S/C27H19N3O5S/c1-15-25(36-26(29-15)16-6-3-2-4-7-16)23(31)21-22(17-8-5-11-28-13-17)30(27(33)24(21)32)18-9-10-19-20(12-18)35-14-34-19/h2-13,22,32H,14H2,1H3. The van der Waals surface area contributed by atoms with E-state index >= 15 is 0 Å². The van der Waals surface area contributed by atoms with E-state index in [0.717, 1.165) is 5.56 Å². The molecule has 6 rings (SSSR count). The van der Waals surface area contributed by atoms with Crippen LogP contribution in [0.4, 0.5) is 5.69 Å². The molecule has 0 bridgehead atoms. The lowest BCUT2D eigenvalue weighted by Gasteiger charge is -2.26. The third kappa shape index (κ3) is 3.52. The highest BCUT2D eigenvalue weighted by atomic mass is 32.1. The van der Waals surface area contributed by atoms with Crippen molar-refractivity contribution in [3.05, 3.63) is 101 Å². The Hall–Kier alpha value is -4.50. The maximum atomic E-state index is 13.9. The van der Waals surface area contributed by atoms with Crippen LogP contribution >= 0.6 is 11.3 Å². The zero-order chi connectivity index (χ0) is 24.8. The second kappa shape index (κ2) is 8.62. The molecule has 1 unspecified atom stereocenters. The highest BCUT2D eigenvalue weighted by Gasteiger charge is 2.45. The molecule has 178 valence electrons. The Bertz CT molecular complexity index is 1530. The van der Waals surface area contributed by atoms with Crippen molar-refractivity contribution in [2.45, 2.75) is 13.0 Å². The van der Waals surface area contributed by atoms with E-state index in [1.54, 1.807) is 49.6 Å². The van der Waals surface area contributed by atoms with Crippen LogP contribution in [-0.2, 0) is 4.79 Å². The number of anilines is 1. The summed E-state index contributed by atoms with van der Waals surface area (Å²) in [6.07, 6.45) is 3.19. The molecule has 8 nitrogen and oxygen atoms in total. The molecule has 4 aromatic rings. The van der Waals surface area contributed by atoms with Gasteiger partial charge in [0.25, 0.3) is 5.91 Å². The van der Waals surface area contributed by atoms with Gasteiger partial charge >= 0.3 is 0 Å². The van der Waals surface area contributed by atoms with Crippen LogP contribution in [0, 0.1) is 6.92 Å². The Balaban J connectivity index is 1.46. The first-order chi connectivity index (χ1) is 17.5. The van der Waals surface area contributed by atoms with Crippen molar-refractivity contribution >= 4 is 28.7 Å². The second-order valence-corrected chi connectivity index (χ2v) is 9.29. The van der Waals surface area contributed by atoms with Gasteiger partial charge in [-0.3, -0.25) is 19.5 Å². The Kier molecular flexibility index (Phi) is 5.26. The number of hydrogen-bond donors (Lipinski definition) is 1. The van der Waals surface area contributed by atoms with E-state index in [0.29, 0.717) is 38.3 Å². The Labute approximate surface area is 210 Å². The summed E-state index contributed by atoms with van der Waals surface area (Å²) < 4.78 is 10.9. The van der Waals surface area contributed by atoms with Gasteiger partial charge in [0, 0.05) is 29.7 Å². The number of carbonyl (C=O) groups is 2. The Morgan fingerprint density at radius 1 is 1.08 bits per heavy atom. The van der Waals surface area contributed by atoms with Gasteiger partial charge in [0.15, 0.2) is 17.3 Å². The van der Waals surface area contributed by atoms with Gasteiger partial charge in [-0.15, -0.1) is 11.3 Å².